The van der Waals surface area contributed by atoms with Crippen molar-refractivity contribution in [3.05, 3.63) is 0 Å². The molecular weight excluding hydrogens is 224 g/mol. The second-order valence-electron chi connectivity index (χ2n) is 3.67. The summed E-state index contributed by atoms with van der Waals surface area (Å²) in [5.74, 6) is -1.09. The van der Waals surface area contributed by atoms with Crippen LogP contribution in [0.25, 0.3) is 0 Å². The van der Waals surface area contributed by atoms with Crippen LogP contribution < -0.4 is 0 Å². The molecule has 1 unspecified atom stereocenters. The van der Waals surface area contributed by atoms with Gasteiger partial charge in [0.25, 0.3) is 6.29 Å². The molecule has 0 aromatic carbocycles. The zero-order chi connectivity index (χ0) is 12.9. The lowest BCUT2D eigenvalue weighted by molar-refractivity contribution is -0.192. The quantitative estimate of drug-likeness (QED) is 0.423. The first-order valence-corrected chi connectivity index (χ1v) is 6.26. The maximum atomic E-state index is 10.8. The van der Waals surface area contributed by atoms with E-state index in [1.54, 1.807) is 0 Å². The smallest absolute Gasteiger partial charge is 0.361 e. The molecule has 0 rings (SSSR count). The van der Waals surface area contributed by atoms with E-state index in [9.17, 15) is 4.79 Å². The number of unbranched alkanes of at least 4 members (excludes halogenated alkanes) is 3. The number of ether oxygens (including phenoxy) is 3. The van der Waals surface area contributed by atoms with Gasteiger partial charge in [0.2, 0.25) is 0 Å². The molecule has 0 heterocycles. The summed E-state index contributed by atoms with van der Waals surface area (Å²) in [6, 6.07) is 0. The fourth-order valence-corrected chi connectivity index (χ4v) is 1.27. The van der Waals surface area contributed by atoms with Gasteiger partial charge in [-0.1, -0.05) is 26.2 Å². The van der Waals surface area contributed by atoms with E-state index in [0.29, 0.717) is 19.8 Å². The number of rotatable bonds is 12. The van der Waals surface area contributed by atoms with Gasteiger partial charge in [-0.05, 0) is 13.3 Å². The van der Waals surface area contributed by atoms with Gasteiger partial charge >= 0.3 is 5.97 Å². The van der Waals surface area contributed by atoms with Crippen molar-refractivity contribution in [1.29, 1.82) is 0 Å². The van der Waals surface area contributed by atoms with Gasteiger partial charge in [0.05, 0.1) is 19.8 Å². The Morgan fingerprint density at radius 3 is 2.35 bits per heavy atom. The molecule has 5 heteroatoms. The first-order valence-electron chi connectivity index (χ1n) is 6.26. The molecule has 0 aromatic rings. The van der Waals surface area contributed by atoms with E-state index in [1.807, 2.05) is 6.92 Å². The van der Waals surface area contributed by atoms with Crippen molar-refractivity contribution < 1.29 is 24.1 Å². The van der Waals surface area contributed by atoms with Crippen molar-refractivity contribution in [3.8, 4) is 0 Å². The van der Waals surface area contributed by atoms with Gasteiger partial charge in [-0.2, -0.15) is 0 Å². The van der Waals surface area contributed by atoms with Crippen LogP contribution in [0.1, 0.15) is 39.5 Å². The van der Waals surface area contributed by atoms with Crippen molar-refractivity contribution in [1.82, 2.24) is 0 Å². The number of carboxylic acids is 1. The Bertz CT molecular complexity index is 184. The van der Waals surface area contributed by atoms with E-state index in [0.717, 1.165) is 25.7 Å². The first kappa shape index (κ1) is 16.4. The molecule has 0 radical (unpaired) electrons. The summed E-state index contributed by atoms with van der Waals surface area (Å²) in [4.78, 5) is 10.8. The molecule has 0 aliphatic carbocycles. The maximum absolute atomic E-state index is 10.8. The Morgan fingerprint density at radius 1 is 1.06 bits per heavy atom. The minimum Gasteiger partial charge on any atom is -0.477 e. The summed E-state index contributed by atoms with van der Waals surface area (Å²) in [7, 11) is 0. The molecule has 102 valence electrons. The number of hydrogen-bond acceptors (Lipinski definition) is 4. The van der Waals surface area contributed by atoms with E-state index in [1.165, 1.54) is 0 Å². The van der Waals surface area contributed by atoms with Gasteiger partial charge in [-0.15, -0.1) is 0 Å². The molecule has 0 aliphatic heterocycles. The standard InChI is InChI=1S/C12H24O5/c1-3-5-6-7-8-16-12(11(13)14)17-10-9-15-4-2/h12H,3-10H2,1-2H3,(H,13,14). The average molecular weight is 248 g/mol. The lowest BCUT2D eigenvalue weighted by atomic mass is 10.2. The van der Waals surface area contributed by atoms with Crippen molar-refractivity contribution >= 4 is 5.97 Å². The summed E-state index contributed by atoms with van der Waals surface area (Å²) in [5, 5.41) is 8.84. The highest BCUT2D eigenvalue weighted by molar-refractivity contribution is 5.70. The van der Waals surface area contributed by atoms with Crippen LogP contribution >= 0.6 is 0 Å². The summed E-state index contributed by atoms with van der Waals surface area (Å²) >= 11 is 0. The predicted octanol–water partition coefficient (Wildman–Crippen LogP) is 2.05. The van der Waals surface area contributed by atoms with E-state index in [-0.39, 0.29) is 6.61 Å². The molecule has 0 saturated heterocycles. The van der Waals surface area contributed by atoms with Crippen molar-refractivity contribution in [2.75, 3.05) is 26.4 Å². The number of aliphatic carboxylic acids is 1. The summed E-state index contributed by atoms with van der Waals surface area (Å²) in [6.07, 6.45) is 3.05. The normalized spacial score (nSPS) is 12.6. The van der Waals surface area contributed by atoms with Crippen LogP contribution in [0, 0.1) is 0 Å². The third kappa shape index (κ3) is 10.2. The highest BCUT2D eigenvalue weighted by atomic mass is 16.7. The van der Waals surface area contributed by atoms with E-state index in [2.05, 4.69) is 6.92 Å². The minimum absolute atomic E-state index is 0.236. The van der Waals surface area contributed by atoms with Crippen LogP contribution in [0.4, 0.5) is 0 Å². The molecule has 0 spiro atoms. The maximum Gasteiger partial charge on any atom is 0.361 e. The van der Waals surface area contributed by atoms with Gasteiger partial charge in [-0.25, -0.2) is 4.79 Å². The molecule has 0 saturated carbocycles. The monoisotopic (exact) mass is 248 g/mol. The first-order chi connectivity index (χ1) is 8.22. The molecule has 1 atom stereocenters. The highest BCUT2D eigenvalue weighted by Gasteiger charge is 2.17. The van der Waals surface area contributed by atoms with E-state index < -0.39 is 12.3 Å². The van der Waals surface area contributed by atoms with Crippen LogP contribution in [0.2, 0.25) is 0 Å². The molecular formula is C12H24O5. The summed E-state index contributed by atoms with van der Waals surface area (Å²) in [5.41, 5.74) is 0. The van der Waals surface area contributed by atoms with Crippen molar-refractivity contribution in [3.63, 3.8) is 0 Å². The second-order valence-corrected chi connectivity index (χ2v) is 3.67. The molecule has 0 amide bonds. The highest BCUT2D eigenvalue weighted by Crippen LogP contribution is 2.02. The van der Waals surface area contributed by atoms with Gasteiger partial charge in [0.1, 0.15) is 0 Å². The van der Waals surface area contributed by atoms with Gasteiger partial charge in [-0.3, -0.25) is 0 Å². The number of hydrogen-bond donors (Lipinski definition) is 1. The zero-order valence-electron chi connectivity index (χ0n) is 10.8. The molecule has 17 heavy (non-hydrogen) atoms. The Labute approximate surface area is 103 Å². The molecule has 0 fully saturated rings. The fraction of sp³-hybridized carbons (Fsp3) is 0.917. The lowest BCUT2D eigenvalue weighted by Gasteiger charge is -2.14. The molecule has 0 aromatic heterocycles. The van der Waals surface area contributed by atoms with Crippen molar-refractivity contribution in [2.45, 2.75) is 45.8 Å². The average Bonchev–Trinajstić information content (AvgIpc) is 2.31. The molecule has 5 nitrogen and oxygen atoms in total. The van der Waals surface area contributed by atoms with Crippen LogP contribution in [0.15, 0.2) is 0 Å². The van der Waals surface area contributed by atoms with Gasteiger partial charge in [0, 0.05) is 6.61 Å². The SMILES string of the molecule is CCCCCCOC(OCCOCC)C(=O)O. The molecule has 0 bridgehead atoms. The topological polar surface area (TPSA) is 65.0 Å². The largest absolute Gasteiger partial charge is 0.477 e. The molecule has 1 N–H and O–H groups in total. The van der Waals surface area contributed by atoms with Gasteiger partial charge in [0.15, 0.2) is 0 Å². The Balaban J connectivity index is 3.57. The molecule has 0 aliphatic rings. The number of carbonyl (C=O) groups is 1. The summed E-state index contributed by atoms with van der Waals surface area (Å²) < 4.78 is 15.3. The summed E-state index contributed by atoms with van der Waals surface area (Å²) in [6.45, 7) is 5.64. The Kier molecular flexibility index (Phi) is 11.4. The second kappa shape index (κ2) is 11.8. The minimum atomic E-state index is -1.17. The Morgan fingerprint density at radius 2 is 1.76 bits per heavy atom. The third-order valence-electron chi connectivity index (χ3n) is 2.17. The predicted molar refractivity (Wildman–Crippen MR) is 64.0 cm³/mol. The Hall–Kier alpha value is -0.650. The lowest BCUT2D eigenvalue weighted by Crippen LogP contribution is -2.29. The number of carboxylic acid groups (broad SMARTS) is 1. The van der Waals surface area contributed by atoms with Crippen LogP contribution in [-0.2, 0) is 19.0 Å². The van der Waals surface area contributed by atoms with E-state index >= 15 is 0 Å². The van der Waals surface area contributed by atoms with Crippen LogP contribution in [0.5, 0.6) is 0 Å². The fourth-order valence-electron chi connectivity index (χ4n) is 1.27. The van der Waals surface area contributed by atoms with E-state index in [4.69, 9.17) is 19.3 Å². The van der Waals surface area contributed by atoms with Crippen LogP contribution in [-0.4, -0.2) is 43.8 Å². The van der Waals surface area contributed by atoms with Crippen LogP contribution in [0.3, 0.4) is 0 Å². The van der Waals surface area contributed by atoms with Crippen molar-refractivity contribution in [2.24, 2.45) is 0 Å². The van der Waals surface area contributed by atoms with Gasteiger partial charge < -0.3 is 19.3 Å². The third-order valence-corrected chi connectivity index (χ3v) is 2.17. The zero-order valence-corrected chi connectivity index (χ0v) is 10.8.